The highest BCUT2D eigenvalue weighted by atomic mass is 32.1. The third kappa shape index (κ3) is 7.68. The molecule has 1 aliphatic carbocycles. The van der Waals surface area contributed by atoms with E-state index in [1.165, 1.54) is 47.9 Å². The van der Waals surface area contributed by atoms with Crippen LogP contribution in [0.25, 0.3) is 0 Å². The van der Waals surface area contributed by atoms with E-state index in [1.54, 1.807) is 0 Å². The molecule has 3 N–H and O–H groups in total. The third-order valence-corrected chi connectivity index (χ3v) is 6.13. The fourth-order valence-electron chi connectivity index (χ4n) is 3.28. The molecule has 2 rings (SSSR count). The van der Waals surface area contributed by atoms with Crippen LogP contribution in [0, 0.1) is 17.2 Å². The van der Waals surface area contributed by atoms with Crippen molar-refractivity contribution in [3.8, 4) is 6.07 Å². The van der Waals surface area contributed by atoms with Gasteiger partial charge in [0.25, 0.3) is 0 Å². The highest BCUT2D eigenvalue weighted by molar-refractivity contribution is 7.16. The second kappa shape index (κ2) is 12.7. The minimum Gasteiger partial charge on any atom is -0.449 e. The van der Waals surface area contributed by atoms with E-state index < -0.39 is 18.8 Å². The number of nitrogens with one attached hydrogen (secondary N) is 1. The van der Waals surface area contributed by atoms with Crippen molar-refractivity contribution in [3.05, 3.63) is 53.1 Å². The van der Waals surface area contributed by atoms with Crippen LogP contribution < -0.4 is 5.32 Å². The lowest BCUT2D eigenvalue weighted by molar-refractivity contribution is -0.111. The zero-order valence-corrected chi connectivity index (χ0v) is 19.3. The molecule has 0 radical (unpaired) electrons. The minimum atomic E-state index is -1.02. The zero-order valence-electron chi connectivity index (χ0n) is 18.5. The van der Waals surface area contributed by atoms with Crippen LogP contribution in [0.15, 0.2) is 42.1 Å². The molecule has 0 saturated carbocycles. The van der Waals surface area contributed by atoms with Crippen molar-refractivity contribution in [1.29, 1.82) is 5.26 Å². The number of aliphatic hydroxyl groups is 2. The molecule has 0 fully saturated rings. The number of carbonyl (C=O) groups is 2. The normalized spacial score (nSPS) is 16.1. The quantitative estimate of drug-likeness (QED) is 0.272. The first-order valence-electron chi connectivity index (χ1n) is 10.3. The van der Waals surface area contributed by atoms with Gasteiger partial charge in [0.15, 0.2) is 0 Å². The van der Waals surface area contributed by atoms with Crippen LogP contribution in [0.5, 0.6) is 0 Å². The number of hydrogen-bond acceptors (Lipinski definition) is 8. The number of rotatable bonds is 10. The number of aliphatic imine (C=N–C) groups is 1. The van der Waals surface area contributed by atoms with Gasteiger partial charge in [-0.15, -0.1) is 11.3 Å². The van der Waals surface area contributed by atoms with Crippen LogP contribution in [-0.4, -0.2) is 66.2 Å². The molecule has 0 saturated heterocycles. The lowest BCUT2D eigenvalue weighted by Crippen LogP contribution is -2.37. The molecule has 2 unspecified atom stereocenters. The standard InChI is InChI=1S/C23H28N4O5S/c1-4-25-11-15(2)5-8-21(30)26-22-19(10-24)18-7-6-16(9-20(18)33-22)14-32-23(31)27(3)12-17(29)13-28/h4-5,8,11,16-17,28-29H,1-2,6-7,9,12-14H2,3H3,(H,26,30)/b8-5+,25-11?. The number of fused-ring (bicyclic) bond motifs is 1. The first-order chi connectivity index (χ1) is 15.8. The number of aliphatic hydroxyl groups excluding tert-OH is 2. The number of ether oxygens (including phenoxy) is 1. The van der Waals surface area contributed by atoms with Crippen LogP contribution >= 0.6 is 11.3 Å². The van der Waals surface area contributed by atoms with Gasteiger partial charge in [0, 0.05) is 30.4 Å². The molecule has 1 aromatic heterocycles. The van der Waals surface area contributed by atoms with Gasteiger partial charge in [0.1, 0.15) is 11.1 Å². The summed E-state index contributed by atoms with van der Waals surface area (Å²) in [6.45, 7) is 6.96. The predicted molar refractivity (Wildman–Crippen MR) is 127 cm³/mol. The average molecular weight is 473 g/mol. The highest BCUT2D eigenvalue weighted by Crippen LogP contribution is 2.39. The molecule has 1 aromatic rings. The van der Waals surface area contributed by atoms with Crippen molar-refractivity contribution in [2.45, 2.75) is 25.4 Å². The number of hydrogen-bond donors (Lipinski definition) is 3. The monoisotopic (exact) mass is 472 g/mol. The minimum absolute atomic E-state index is 0.0213. The van der Waals surface area contributed by atoms with Gasteiger partial charge in [-0.1, -0.05) is 13.2 Å². The Bertz CT molecular complexity index is 992. The van der Waals surface area contributed by atoms with Crippen LogP contribution in [-0.2, 0) is 22.4 Å². The summed E-state index contributed by atoms with van der Waals surface area (Å²) in [6.07, 6.45) is 6.11. The van der Waals surface area contributed by atoms with Crippen molar-refractivity contribution in [2.24, 2.45) is 10.9 Å². The van der Waals surface area contributed by atoms with Crippen molar-refractivity contribution >= 4 is 34.6 Å². The number of nitriles is 1. The van der Waals surface area contributed by atoms with Gasteiger partial charge >= 0.3 is 6.09 Å². The topological polar surface area (TPSA) is 135 Å². The van der Waals surface area contributed by atoms with Gasteiger partial charge in [-0.25, -0.2) is 4.79 Å². The fourth-order valence-corrected chi connectivity index (χ4v) is 4.59. The SMILES string of the molecule is C=CN=CC(=C)/C=C/C(=O)Nc1sc2c(c1C#N)CCC(COC(=O)N(C)CC(O)CO)C2. The van der Waals surface area contributed by atoms with E-state index in [1.807, 2.05) is 0 Å². The van der Waals surface area contributed by atoms with Gasteiger partial charge in [-0.2, -0.15) is 5.26 Å². The molecule has 10 heteroatoms. The maximum atomic E-state index is 12.3. The molecular weight excluding hydrogens is 444 g/mol. The van der Waals surface area contributed by atoms with Crippen LogP contribution in [0.2, 0.25) is 0 Å². The largest absolute Gasteiger partial charge is 0.449 e. The Morgan fingerprint density at radius 1 is 1.48 bits per heavy atom. The third-order valence-electron chi connectivity index (χ3n) is 4.96. The molecule has 2 amide bonds. The maximum absolute atomic E-state index is 12.3. The highest BCUT2D eigenvalue weighted by Gasteiger charge is 2.27. The Morgan fingerprint density at radius 3 is 2.91 bits per heavy atom. The van der Waals surface area contributed by atoms with Gasteiger partial charge in [0.05, 0.1) is 31.4 Å². The van der Waals surface area contributed by atoms with Gasteiger partial charge in [-0.3, -0.25) is 9.79 Å². The van der Waals surface area contributed by atoms with Crippen LogP contribution in [0.1, 0.15) is 22.4 Å². The van der Waals surface area contributed by atoms with E-state index in [2.05, 4.69) is 29.5 Å². The molecular formula is C23H28N4O5S. The summed E-state index contributed by atoms with van der Waals surface area (Å²) in [5.74, 6) is -0.296. The lowest BCUT2D eigenvalue weighted by atomic mass is 9.88. The molecule has 33 heavy (non-hydrogen) atoms. The summed E-state index contributed by atoms with van der Waals surface area (Å²) in [4.78, 5) is 30.4. The Kier molecular flexibility index (Phi) is 10.00. The van der Waals surface area contributed by atoms with Gasteiger partial charge in [-0.05, 0) is 42.4 Å². The molecule has 2 atom stereocenters. The number of thiophene rings is 1. The predicted octanol–water partition coefficient (Wildman–Crippen LogP) is 2.41. The number of likely N-dealkylation sites (N-methyl/N-ethyl adjacent to an activating group) is 1. The molecule has 176 valence electrons. The molecule has 1 aliphatic rings. The Labute approximate surface area is 197 Å². The summed E-state index contributed by atoms with van der Waals surface area (Å²) in [5.41, 5.74) is 1.93. The second-order valence-corrected chi connectivity index (χ2v) is 8.69. The second-order valence-electron chi connectivity index (χ2n) is 7.58. The lowest BCUT2D eigenvalue weighted by Gasteiger charge is -2.24. The number of anilines is 1. The van der Waals surface area contributed by atoms with E-state index >= 15 is 0 Å². The van der Waals surface area contributed by atoms with E-state index in [9.17, 15) is 20.0 Å². The van der Waals surface area contributed by atoms with E-state index in [-0.39, 0.29) is 25.0 Å². The average Bonchev–Trinajstić information content (AvgIpc) is 3.15. The van der Waals surface area contributed by atoms with Crippen molar-refractivity contribution in [3.63, 3.8) is 0 Å². The van der Waals surface area contributed by atoms with E-state index in [4.69, 9.17) is 9.84 Å². The van der Waals surface area contributed by atoms with Crippen molar-refractivity contribution in [1.82, 2.24) is 4.90 Å². The summed E-state index contributed by atoms with van der Waals surface area (Å²) < 4.78 is 5.34. The summed E-state index contributed by atoms with van der Waals surface area (Å²) >= 11 is 1.36. The van der Waals surface area contributed by atoms with Crippen molar-refractivity contribution < 1.29 is 24.5 Å². The number of allylic oxidation sites excluding steroid dienone is 2. The Balaban J connectivity index is 1.98. The van der Waals surface area contributed by atoms with Crippen LogP contribution in [0.4, 0.5) is 9.80 Å². The Morgan fingerprint density at radius 2 is 2.24 bits per heavy atom. The molecule has 0 aliphatic heterocycles. The first-order valence-corrected chi connectivity index (χ1v) is 11.1. The molecule has 0 aromatic carbocycles. The molecule has 1 heterocycles. The summed E-state index contributed by atoms with van der Waals surface area (Å²) in [5, 5.41) is 31.2. The number of nitrogens with zero attached hydrogens (tertiary/aromatic N) is 3. The maximum Gasteiger partial charge on any atom is 0.409 e. The molecule has 0 spiro atoms. The van der Waals surface area contributed by atoms with Gasteiger partial charge < -0.3 is 25.2 Å². The van der Waals surface area contributed by atoms with Crippen molar-refractivity contribution in [2.75, 3.05) is 32.1 Å². The fraction of sp³-hybridized carbons (Fsp3) is 0.391. The summed E-state index contributed by atoms with van der Waals surface area (Å²) in [6, 6.07) is 2.19. The smallest absolute Gasteiger partial charge is 0.409 e. The summed E-state index contributed by atoms with van der Waals surface area (Å²) in [7, 11) is 1.49. The molecule has 0 bridgehead atoms. The van der Waals surface area contributed by atoms with E-state index in [0.717, 1.165) is 16.9 Å². The van der Waals surface area contributed by atoms with Crippen LogP contribution in [0.3, 0.4) is 0 Å². The zero-order chi connectivity index (χ0) is 24.4. The Hall–Kier alpha value is -3.26. The van der Waals surface area contributed by atoms with E-state index in [0.29, 0.717) is 29.0 Å². The van der Waals surface area contributed by atoms with Gasteiger partial charge in [0.2, 0.25) is 5.91 Å². The first kappa shape index (κ1) is 26.0. The molecule has 9 nitrogen and oxygen atoms in total. The number of amides is 2. The number of carbonyl (C=O) groups excluding carboxylic acids is 2.